The molecule has 0 aliphatic carbocycles. The van der Waals surface area contributed by atoms with Gasteiger partial charge in [-0.15, -0.1) is 0 Å². The van der Waals surface area contributed by atoms with Gasteiger partial charge in [-0.2, -0.15) is 5.10 Å². The number of nitrogens with zero attached hydrogens (tertiary/aromatic N) is 4. The van der Waals surface area contributed by atoms with Gasteiger partial charge in [0.25, 0.3) is 17.0 Å². The molecule has 1 aromatic carbocycles. The van der Waals surface area contributed by atoms with Crippen LogP contribution < -0.4 is 27.4 Å². The smallest absolute Gasteiger partial charge is 0.330 e. The standard InChI is InChI=1S/C22H28N6O4/c1-4-6-12-27(17-18(23)28(13-7-5-2)22(32)24-19(17)29)21(31)16-14-10-8-9-11-15(14)20(30)26(3)25-16/h8-11H,4-7,12-13,23H2,1-3H3,(H,24,29,32). The van der Waals surface area contributed by atoms with Crippen molar-refractivity contribution >= 4 is 28.2 Å². The number of anilines is 2. The quantitative estimate of drug-likeness (QED) is 0.546. The van der Waals surface area contributed by atoms with Gasteiger partial charge in [0.05, 0.1) is 5.39 Å². The van der Waals surface area contributed by atoms with E-state index in [2.05, 4.69) is 10.1 Å². The lowest BCUT2D eigenvalue weighted by molar-refractivity contribution is 0.0981. The fourth-order valence-electron chi connectivity index (χ4n) is 3.59. The minimum atomic E-state index is -0.737. The lowest BCUT2D eigenvalue weighted by Gasteiger charge is -2.24. The first-order valence-corrected chi connectivity index (χ1v) is 10.7. The van der Waals surface area contributed by atoms with E-state index in [0.717, 1.165) is 17.5 Å². The largest absolute Gasteiger partial charge is 0.383 e. The van der Waals surface area contributed by atoms with E-state index in [1.165, 1.54) is 16.5 Å². The summed E-state index contributed by atoms with van der Waals surface area (Å²) < 4.78 is 2.38. The second-order valence-electron chi connectivity index (χ2n) is 7.63. The summed E-state index contributed by atoms with van der Waals surface area (Å²) in [4.78, 5) is 54.8. The molecule has 3 aromatic rings. The van der Waals surface area contributed by atoms with E-state index < -0.39 is 17.2 Å². The Morgan fingerprint density at radius 1 is 1.09 bits per heavy atom. The first kappa shape index (κ1) is 23.0. The van der Waals surface area contributed by atoms with E-state index in [4.69, 9.17) is 5.73 Å². The Morgan fingerprint density at radius 3 is 2.41 bits per heavy atom. The Morgan fingerprint density at radius 2 is 1.75 bits per heavy atom. The Balaban J connectivity index is 2.24. The Hall–Kier alpha value is -3.69. The molecule has 0 fully saturated rings. The summed E-state index contributed by atoms with van der Waals surface area (Å²) in [6.45, 7) is 4.45. The van der Waals surface area contributed by atoms with Crippen molar-refractivity contribution in [2.24, 2.45) is 7.05 Å². The molecular weight excluding hydrogens is 412 g/mol. The highest BCUT2D eigenvalue weighted by Gasteiger charge is 2.28. The third-order valence-corrected chi connectivity index (χ3v) is 5.36. The Kier molecular flexibility index (Phi) is 6.92. The van der Waals surface area contributed by atoms with Crippen molar-refractivity contribution in [3.05, 3.63) is 61.2 Å². The van der Waals surface area contributed by atoms with Crippen LogP contribution in [-0.2, 0) is 13.6 Å². The SMILES string of the molecule is CCCCN(C(=O)c1nn(C)c(=O)c2ccccc12)c1c(N)n(CCCC)c(=O)[nH]c1=O. The number of benzene rings is 1. The maximum Gasteiger partial charge on any atom is 0.330 e. The van der Waals surface area contributed by atoms with Gasteiger partial charge in [0.1, 0.15) is 5.82 Å². The van der Waals surface area contributed by atoms with Gasteiger partial charge in [0, 0.05) is 25.5 Å². The number of aromatic nitrogens is 4. The number of H-pyrrole nitrogens is 1. The van der Waals surface area contributed by atoms with Gasteiger partial charge in [-0.25, -0.2) is 9.48 Å². The molecule has 2 heterocycles. The van der Waals surface area contributed by atoms with Crippen molar-refractivity contribution in [3.8, 4) is 0 Å². The third kappa shape index (κ3) is 4.20. The van der Waals surface area contributed by atoms with Crippen LogP contribution in [0.3, 0.4) is 0 Å². The number of hydrogen-bond donors (Lipinski definition) is 2. The molecular formula is C22H28N6O4. The second-order valence-corrected chi connectivity index (χ2v) is 7.63. The van der Waals surface area contributed by atoms with Gasteiger partial charge < -0.3 is 5.73 Å². The molecule has 0 saturated heterocycles. The highest BCUT2D eigenvalue weighted by atomic mass is 16.2. The molecule has 0 radical (unpaired) electrons. The van der Waals surface area contributed by atoms with Gasteiger partial charge in [0.2, 0.25) is 0 Å². The summed E-state index contributed by atoms with van der Waals surface area (Å²) in [6.07, 6.45) is 2.87. The molecule has 10 nitrogen and oxygen atoms in total. The van der Waals surface area contributed by atoms with Gasteiger partial charge in [0.15, 0.2) is 11.4 Å². The molecule has 0 unspecified atom stereocenters. The van der Waals surface area contributed by atoms with Gasteiger partial charge in [-0.1, -0.05) is 44.9 Å². The topological polar surface area (TPSA) is 136 Å². The van der Waals surface area contributed by atoms with Crippen molar-refractivity contribution in [2.75, 3.05) is 17.2 Å². The van der Waals surface area contributed by atoms with Crippen LogP contribution >= 0.6 is 0 Å². The molecule has 170 valence electrons. The van der Waals surface area contributed by atoms with E-state index in [1.807, 2.05) is 13.8 Å². The molecule has 10 heteroatoms. The van der Waals surface area contributed by atoms with E-state index in [1.54, 1.807) is 24.3 Å². The van der Waals surface area contributed by atoms with Crippen molar-refractivity contribution in [1.29, 1.82) is 0 Å². The minimum Gasteiger partial charge on any atom is -0.383 e. The van der Waals surface area contributed by atoms with Crippen LogP contribution in [0.1, 0.15) is 50.0 Å². The number of fused-ring (bicyclic) bond motifs is 1. The number of nitrogens with one attached hydrogen (secondary N) is 1. The van der Waals surface area contributed by atoms with Crippen molar-refractivity contribution in [3.63, 3.8) is 0 Å². The van der Waals surface area contributed by atoms with Crippen LogP contribution in [-0.4, -0.2) is 31.8 Å². The summed E-state index contributed by atoms with van der Waals surface area (Å²) in [5.41, 5.74) is 4.52. The molecule has 0 saturated carbocycles. The molecule has 0 bridgehead atoms. The summed E-state index contributed by atoms with van der Waals surface area (Å²) >= 11 is 0. The van der Waals surface area contributed by atoms with Crippen molar-refractivity contribution in [1.82, 2.24) is 19.3 Å². The zero-order valence-corrected chi connectivity index (χ0v) is 18.6. The molecule has 3 N–H and O–H groups in total. The summed E-state index contributed by atoms with van der Waals surface area (Å²) in [7, 11) is 1.47. The number of carbonyl (C=O) groups is 1. The number of aryl methyl sites for hydroxylation is 1. The number of carbonyl (C=O) groups excluding carboxylic acids is 1. The van der Waals surface area contributed by atoms with E-state index in [0.29, 0.717) is 30.2 Å². The van der Waals surface area contributed by atoms with E-state index >= 15 is 0 Å². The number of aromatic amines is 1. The van der Waals surface area contributed by atoms with Crippen LogP contribution in [0.4, 0.5) is 11.5 Å². The summed E-state index contributed by atoms with van der Waals surface area (Å²) in [5, 5.41) is 4.93. The average Bonchev–Trinajstić information content (AvgIpc) is 2.77. The molecule has 2 aromatic heterocycles. The molecule has 3 rings (SSSR count). The highest BCUT2D eigenvalue weighted by molar-refractivity contribution is 6.13. The Labute approximate surface area is 184 Å². The first-order valence-electron chi connectivity index (χ1n) is 10.7. The predicted molar refractivity (Wildman–Crippen MR) is 124 cm³/mol. The average molecular weight is 441 g/mol. The summed E-state index contributed by atoms with van der Waals surface area (Å²) in [6, 6.07) is 6.69. The number of amides is 1. The normalized spacial score (nSPS) is 11.1. The third-order valence-electron chi connectivity index (χ3n) is 5.36. The maximum atomic E-state index is 13.7. The van der Waals surface area contributed by atoms with Crippen LogP contribution in [0.2, 0.25) is 0 Å². The zero-order valence-electron chi connectivity index (χ0n) is 18.6. The molecule has 0 atom stereocenters. The van der Waals surface area contributed by atoms with E-state index in [9.17, 15) is 19.2 Å². The van der Waals surface area contributed by atoms with Crippen molar-refractivity contribution in [2.45, 2.75) is 46.1 Å². The lowest BCUT2D eigenvalue weighted by atomic mass is 10.1. The van der Waals surface area contributed by atoms with Gasteiger partial charge in [-0.05, 0) is 18.9 Å². The first-order chi connectivity index (χ1) is 15.3. The van der Waals surface area contributed by atoms with Crippen LogP contribution in [0.5, 0.6) is 0 Å². The molecule has 32 heavy (non-hydrogen) atoms. The fraction of sp³-hybridized carbons (Fsp3) is 0.409. The van der Waals surface area contributed by atoms with Gasteiger partial charge >= 0.3 is 5.69 Å². The van der Waals surface area contributed by atoms with Crippen LogP contribution in [0.25, 0.3) is 10.8 Å². The molecule has 0 aliphatic heterocycles. The van der Waals surface area contributed by atoms with Crippen LogP contribution in [0.15, 0.2) is 38.6 Å². The maximum absolute atomic E-state index is 13.7. The molecule has 1 amide bonds. The molecule has 0 spiro atoms. The van der Waals surface area contributed by atoms with Crippen molar-refractivity contribution < 1.29 is 4.79 Å². The zero-order chi connectivity index (χ0) is 23.4. The highest BCUT2D eigenvalue weighted by Crippen LogP contribution is 2.22. The Bertz CT molecular complexity index is 1320. The number of unbranched alkanes of at least 4 members (excludes halogenated alkanes) is 2. The monoisotopic (exact) mass is 440 g/mol. The number of hydrogen-bond acceptors (Lipinski definition) is 6. The lowest BCUT2D eigenvalue weighted by Crippen LogP contribution is -2.42. The van der Waals surface area contributed by atoms with Gasteiger partial charge in [-0.3, -0.25) is 28.8 Å². The number of nitrogens with two attached hydrogens (primary N) is 1. The minimum absolute atomic E-state index is 0.0314. The fourth-order valence-corrected chi connectivity index (χ4v) is 3.59. The van der Waals surface area contributed by atoms with E-state index in [-0.39, 0.29) is 29.3 Å². The number of nitrogen functional groups attached to an aromatic ring is 1. The second kappa shape index (κ2) is 9.63. The molecule has 0 aliphatic rings. The number of rotatable bonds is 8. The summed E-state index contributed by atoms with van der Waals surface area (Å²) in [5.74, 6) is -0.631. The van der Waals surface area contributed by atoms with Crippen LogP contribution in [0, 0.1) is 0 Å². The predicted octanol–water partition coefficient (Wildman–Crippen LogP) is 1.61.